The minimum Gasteiger partial charge on any atom is -0.497 e. The summed E-state index contributed by atoms with van der Waals surface area (Å²) in [6.07, 6.45) is 3.49. The lowest BCUT2D eigenvalue weighted by atomic mass is 9.88. The highest BCUT2D eigenvalue weighted by Gasteiger charge is 2.20. The Morgan fingerprint density at radius 2 is 2.22 bits per heavy atom. The zero-order valence-electron chi connectivity index (χ0n) is 11.5. The van der Waals surface area contributed by atoms with E-state index in [1.165, 1.54) is 17.5 Å². The molecule has 1 aromatic carbocycles. The number of rotatable bonds is 5. The largest absolute Gasteiger partial charge is 0.497 e. The Balaban J connectivity index is 2.06. The highest BCUT2D eigenvalue weighted by Crippen LogP contribution is 2.32. The summed E-state index contributed by atoms with van der Waals surface area (Å²) in [5.41, 5.74) is 5.94. The number of nitrogens with one attached hydrogen (secondary N) is 1. The van der Waals surface area contributed by atoms with Gasteiger partial charge in [0.25, 0.3) is 0 Å². The van der Waals surface area contributed by atoms with E-state index in [-0.39, 0.29) is 0 Å². The van der Waals surface area contributed by atoms with Gasteiger partial charge >= 0.3 is 0 Å². The molecule has 3 nitrogen and oxygen atoms in total. The number of hydrogen-bond donors (Lipinski definition) is 1. The molecule has 0 saturated carbocycles. The van der Waals surface area contributed by atoms with Crippen LogP contribution in [0.4, 0.5) is 0 Å². The van der Waals surface area contributed by atoms with Gasteiger partial charge in [0.05, 0.1) is 19.8 Å². The summed E-state index contributed by atoms with van der Waals surface area (Å²) in [5, 5.41) is 0. The third kappa shape index (κ3) is 3.24. The average molecular weight is 249 g/mol. The predicted molar refractivity (Wildman–Crippen MR) is 72.6 cm³/mol. The Morgan fingerprint density at radius 1 is 1.39 bits per heavy atom. The molecule has 3 heteroatoms. The molecule has 0 saturated heterocycles. The van der Waals surface area contributed by atoms with Crippen molar-refractivity contribution in [3.8, 4) is 5.75 Å². The van der Waals surface area contributed by atoms with E-state index in [0.29, 0.717) is 12.0 Å². The molecule has 100 valence electrons. The van der Waals surface area contributed by atoms with E-state index in [4.69, 9.17) is 9.57 Å². The topological polar surface area (TPSA) is 30.5 Å². The molecular formula is C15H23NO2. The van der Waals surface area contributed by atoms with E-state index < -0.39 is 0 Å². The Morgan fingerprint density at radius 3 is 2.94 bits per heavy atom. The Bertz CT molecular complexity index is 390. The lowest BCUT2D eigenvalue weighted by Gasteiger charge is -2.26. The highest BCUT2D eigenvalue weighted by atomic mass is 16.6. The van der Waals surface area contributed by atoms with E-state index in [1.807, 2.05) is 6.07 Å². The summed E-state index contributed by atoms with van der Waals surface area (Å²) in [7, 11) is 1.71. The minimum absolute atomic E-state index is 0.294. The van der Waals surface area contributed by atoms with Gasteiger partial charge in [-0.15, -0.1) is 0 Å². The molecule has 18 heavy (non-hydrogen) atoms. The summed E-state index contributed by atoms with van der Waals surface area (Å²) in [6, 6.07) is 6.63. The highest BCUT2D eigenvalue weighted by molar-refractivity contribution is 5.39. The van der Waals surface area contributed by atoms with Crippen molar-refractivity contribution < 1.29 is 9.57 Å². The monoisotopic (exact) mass is 249 g/mol. The molecule has 2 rings (SSSR count). The summed E-state index contributed by atoms with van der Waals surface area (Å²) < 4.78 is 5.30. The quantitative estimate of drug-likeness (QED) is 0.813. The molecule has 1 unspecified atom stereocenters. The first-order valence-electron chi connectivity index (χ1n) is 6.75. The van der Waals surface area contributed by atoms with Crippen LogP contribution in [0.3, 0.4) is 0 Å². The summed E-state index contributed by atoms with van der Waals surface area (Å²) in [5.74, 6) is 1.47. The second-order valence-corrected chi connectivity index (χ2v) is 5.33. The molecule has 0 bridgehead atoms. The third-order valence-corrected chi connectivity index (χ3v) is 3.31. The maximum atomic E-state index is 5.57. The van der Waals surface area contributed by atoms with Gasteiger partial charge in [-0.2, -0.15) is 5.48 Å². The van der Waals surface area contributed by atoms with E-state index in [2.05, 4.69) is 31.5 Å². The van der Waals surface area contributed by atoms with Crippen molar-refractivity contribution in [1.82, 2.24) is 5.48 Å². The van der Waals surface area contributed by atoms with Crippen molar-refractivity contribution in [2.24, 2.45) is 5.92 Å². The van der Waals surface area contributed by atoms with Crippen LogP contribution < -0.4 is 10.2 Å². The first-order chi connectivity index (χ1) is 8.70. The molecule has 1 N–H and O–H groups in total. The van der Waals surface area contributed by atoms with Gasteiger partial charge in [-0.25, -0.2) is 0 Å². The van der Waals surface area contributed by atoms with Crippen LogP contribution in [0.25, 0.3) is 0 Å². The molecule has 0 spiro atoms. The fraction of sp³-hybridized carbons (Fsp3) is 0.600. The molecular weight excluding hydrogens is 226 g/mol. The van der Waals surface area contributed by atoms with Crippen molar-refractivity contribution in [1.29, 1.82) is 0 Å². The van der Waals surface area contributed by atoms with Crippen molar-refractivity contribution in [3.05, 3.63) is 29.3 Å². The second kappa shape index (κ2) is 6.21. The van der Waals surface area contributed by atoms with Crippen molar-refractivity contribution in [3.63, 3.8) is 0 Å². The maximum absolute atomic E-state index is 5.57. The average Bonchev–Trinajstić information content (AvgIpc) is 2.38. The van der Waals surface area contributed by atoms with Gasteiger partial charge in [-0.3, -0.25) is 0 Å². The van der Waals surface area contributed by atoms with Gasteiger partial charge in [0, 0.05) is 0 Å². The normalized spacial score (nSPS) is 18.8. The number of hydroxylamine groups is 1. The number of hydrogen-bond acceptors (Lipinski definition) is 3. The SMILES string of the molecule is COc1ccc2c(c1)C(NOCC(C)C)CCC2. The minimum atomic E-state index is 0.294. The first-order valence-corrected chi connectivity index (χ1v) is 6.75. The van der Waals surface area contributed by atoms with Gasteiger partial charge in [0.1, 0.15) is 5.75 Å². The molecule has 0 aliphatic heterocycles. The molecule has 1 atom stereocenters. The molecule has 0 amide bonds. The van der Waals surface area contributed by atoms with Crippen LogP contribution in [0.5, 0.6) is 5.75 Å². The van der Waals surface area contributed by atoms with Crippen LogP contribution in [0.2, 0.25) is 0 Å². The summed E-state index contributed by atoms with van der Waals surface area (Å²) in [6.45, 7) is 5.05. The van der Waals surface area contributed by atoms with Crippen LogP contribution in [0.15, 0.2) is 18.2 Å². The third-order valence-electron chi connectivity index (χ3n) is 3.31. The molecule has 0 radical (unpaired) electrons. The van der Waals surface area contributed by atoms with E-state index >= 15 is 0 Å². The second-order valence-electron chi connectivity index (χ2n) is 5.33. The van der Waals surface area contributed by atoms with Gasteiger partial charge in [-0.1, -0.05) is 19.9 Å². The van der Waals surface area contributed by atoms with Gasteiger partial charge in [0.2, 0.25) is 0 Å². The van der Waals surface area contributed by atoms with Crippen molar-refractivity contribution in [2.45, 2.75) is 39.2 Å². The summed E-state index contributed by atoms with van der Waals surface area (Å²) >= 11 is 0. The first kappa shape index (κ1) is 13.4. The number of fused-ring (bicyclic) bond motifs is 1. The van der Waals surface area contributed by atoms with Crippen LogP contribution in [-0.4, -0.2) is 13.7 Å². The Labute approximate surface area is 109 Å². The van der Waals surface area contributed by atoms with E-state index in [1.54, 1.807) is 7.11 Å². The van der Waals surface area contributed by atoms with Gasteiger partial charge < -0.3 is 9.57 Å². The van der Waals surface area contributed by atoms with Crippen molar-refractivity contribution in [2.75, 3.05) is 13.7 Å². The van der Waals surface area contributed by atoms with Gasteiger partial charge in [-0.05, 0) is 48.4 Å². The standard InChI is InChI=1S/C15H23NO2/c1-11(2)10-18-16-15-6-4-5-12-7-8-13(17-3)9-14(12)15/h7-9,11,15-16H,4-6,10H2,1-3H3. The molecule has 1 aliphatic rings. The molecule has 1 aromatic rings. The van der Waals surface area contributed by atoms with Gasteiger partial charge in [0.15, 0.2) is 0 Å². The maximum Gasteiger partial charge on any atom is 0.119 e. The van der Waals surface area contributed by atoms with Crippen LogP contribution in [-0.2, 0) is 11.3 Å². The van der Waals surface area contributed by atoms with E-state index in [0.717, 1.165) is 25.2 Å². The number of methoxy groups -OCH3 is 1. The lowest BCUT2D eigenvalue weighted by Crippen LogP contribution is -2.27. The fourth-order valence-corrected chi connectivity index (χ4v) is 2.34. The molecule has 0 aromatic heterocycles. The number of ether oxygens (including phenoxy) is 1. The van der Waals surface area contributed by atoms with Crippen LogP contribution in [0, 0.1) is 5.92 Å². The van der Waals surface area contributed by atoms with E-state index in [9.17, 15) is 0 Å². The predicted octanol–water partition coefficient (Wildman–Crippen LogP) is 3.25. The molecule has 0 heterocycles. The lowest BCUT2D eigenvalue weighted by molar-refractivity contribution is -0.00336. The number of aryl methyl sites for hydroxylation is 1. The number of benzene rings is 1. The summed E-state index contributed by atoms with van der Waals surface area (Å²) in [4.78, 5) is 5.57. The molecule has 1 aliphatic carbocycles. The van der Waals surface area contributed by atoms with Crippen LogP contribution in [0.1, 0.15) is 43.9 Å². The Hall–Kier alpha value is -1.06. The van der Waals surface area contributed by atoms with Crippen molar-refractivity contribution >= 4 is 0 Å². The zero-order valence-corrected chi connectivity index (χ0v) is 11.5. The zero-order chi connectivity index (χ0) is 13.0. The smallest absolute Gasteiger partial charge is 0.119 e. The fourth-order valence-electron chi connectivity index (χ4n) is 2.34. The Kier molecular flexibility index (Phi) is 4.61. The molecule has 0 fully saturated rings. The van der Waals surface area contributed by atoms with Crippen LogP contribution >= 0.6 is 0 Å².